The zero-order valence-electron chi connectivity index (χ0n) is 18.8. The number of aromatic nitrogens is 4. The Morgan fingerprint density at radius 1 is 0.794 bits per heavy atom. The van der Waals surface area contributed by atoms with Gasteiger partial charge < -0.3 is 0 Å². The van der Waals surface area contributed by atoms with E-state index in [-0.39, 0.29) is 10.6 Å². The van der Waals surface area contributed by atoms with Crippen LogP contribution >= 0.6 is 0 Å². The summed E-state index contributed by atoms with van der Waals surface area (Å²) >= 11 is 0. The summed E-state index contributed by atoms with van der Waals surface area (Å²) in [6.07, 6.45) is 6.41. The van der Waals surface area contributed by atoms with E-state index in [1.807, 2.05) is 25.1 Å². The van der Waals surface area contributed by atoms with Gasteiger partial charge in [-0.2, -0.15) is 0 Å². The maximum atomic E-state index is 13.0. The summed E-state index contributed by atoms with van der Waals surface area (Å²) in [4.78, 5) is 17.2. The van der Waals surface area contributed by atoms with Crippen molar-refractivity contribution in [2.24, 2.45) is 0 Å². The highest BCUT2D eigenvalue weighted by molar-refractivity contribution is 7.90. The molecular weight excluding hydrogens is 444 g/mol. The van der Waals surface area contributed by atoms with Crippen LogP contribution in [0.3, 0.4) is 0 Å². The summed E-state index contributed by atoms with van der Waals surface area (Å²) in [5, 5.41) is 1.72. The van der Waals surface area contributed by atoms with Gasteiger partial charge in [-0.15, -0.1) is 0 Å². The maximum absolute atomic E-state index is 13.0. The van der Waals surface area contributed by atoms with Crippen molar-refractivity contribution in [2.75, 3.05) is 0 Å². The number of nitrogens with zero attached hydrogens (tertiary/aromatic N) is 4. The number of hydrogen-bond donors (Lipinski definition) is 0. The van der Waals surface area contributed by atoms with Crippen molar-refractivity contribution in [3.05, 3.63) is 103 Å². The lowest BCUT2D eigenvalue weighted by atomic mass is 9.95. The molecule has 0 unspecified atom stereocenters. The molecule has 0 aliphatic carbocycles. The smallest absolute Gasteiger partial charge is 0.184 e. The molecule has 0 spiro atoms. The fourth-order valence-corrected chi connectivity index (χ4v) is 5.44. The number of rotatable bonds is 5. The average molecular weight is 467 g/mol. The first-order chi connectivity index (χ1) is 16.4. The van der Waals surface area contributed by atoms with Crippen molar-refractivity contribution in [1.29, 1.82) is 0 Å². The van der Waals surface area contributed by atoms with E-state index in [2.05, 4.69) is 51.1 Å². The molecular formula is C27H22N4O2S. The molecule has 34 heavy (non-hydrogen) atoms. The second-order valence-electron chi connectivity index (χ2n) is 8.17. The van der Waals surface area contributed by atoms with Gasteiger partial charge in [0.1, 0.15) is 6.33 Å². The predicted molar refractivity (Wildman–Crippen MR) is 133 cm³/mol. The molecule has 5 aromatic rings. The minimum absolute atomic E-state index is 0.173. The van der Waals surface area contributed by atoms with Crippen molar-refractivity contribution in [2.45, 2.75) is 24.5 Å². The lowest BCUT2D eigenvalue weighted by Crippen LogP contribution is -2.06. The van der Waals surface area contributed by atoms with E-state index in [0.29, 0.717) is 5.69 Å². The summed E-state index contributed by atoms with van der Waals surface area (Å²) in [6, 6.07) is 18.9. The Balaban J connectivity index is 1.54. The Morgan fingerprint density at radius 2 is 1.68 bits per heavy atom. The maximum Gasteiger partial charge on any atom is 0.184 e. The molecule has 2 aromatic carbocycles. The summed E-state index contributed by atoms with van der Waals surface area (Å²) in [5.74, 6) is -0.173. The molecule has 7 heteroatoms. The fourth-order valence-electron chi connectivity index (χ4n) is 4.13. The van der Waals surface area contributed by atoms with E-state index < -0.39 is 9.84 Å². The lowest BCUT2D eigenvalue weighted by molar-refractivity contribution is 0.594. The van der Waals surface area contributed by atoms with Crippen LogP contribution in [0.1, 0.15) is 17.0 Å². The summed E-state index contributed by atoms with van der Waals surface area (Å²) in [6.45, 7) is 4.06. The number of fused-ring (bicyclic) bond motifs is 1. The Hall–Kier alpha value is -3.97. The normalized spacial score (nSPS) is 11.6. The molecule has 0 aliphatic rings. The average Bonchev–Trinajstić information content (AvgIpc) is 2.84. The van der Waals surface area contributed by atoms with Crippen LogP contribution in [0.4, 0.5) is 0 Å². The Labute approximate surface area is 198 Å². The van der Waals surface area contributed by atoms with E-state index >= 15 is 0 Å². The van der Waals surface area contributed by atoms with E-state index in [9.17, 15) is 8.42 Å². The number of sulfone groups is 1. The summed E-state index contributed by atoms with van der Waals surface area (Å²) in [7, 11) is -3.55. The first-order valence-corrected chi connectivity index (χ1v) is 12.5. The minimum atomic E-state index is -3.55. The molecule has 0 amide bonds. The van der Waals surface area contributed by atoms with Crippen LogP contribution in [0, 0.1) is 13.8 Å². The molecule has 0 aliphatic heterocycles. The van der Waals surface area contributed by atoms with Crippen LogP contribution in [0.5, 0.6) is 0 Å². The van der Waals surface area contributed by atoms with Gasteiger partial charge in [-0.25, -0.2) is 18.4 Å². The molecule has 5 rings (SSSR count). The van der Waals surface area contributed by atoms with Crippen LogP contribution in [0.15, 0.2) is 90.5 Å². The van der Waals surface area contributed by atoms with Gasteiger partial charge >= 0.3 is 0 Å². The van der Waals surface area contributed by atoms with Crippen LogP contribution in [-0.4, -0.2) is 28.4 Å². The van der Waals surface area contributed by atoms with Gasteiger partial charge in [0.2, 0.25) is 0 Å². The molecule has 0 N–H and O–H groups in total. The highest BCUT2D eigenvalue weighted by atomic mass is 32.2. The van der Waals surface area contributed by atoms with Crippen molar-refractivity contribution in [1.82, 2.24) is 19.9 Å². The molecule has 0 bridgehead atoms. The number of benzene rings is 2. The monoisotopic (exact) mass is 466 g/mol. The molecule has 0 saturated heterocycles. The molecule has 0 atom stereocenters. The SMILES string of the molecule is Cc1cc(-c2cccnc2C)ccc1-c1nccc2cc(S(=O)(=O)Cc3ccncn3)ccc12. The second-order valence-corrected chi connectivity index (χ2v) is 10.2. The van der Waals surface area contributed by atoms with Crippen LogP contribution in [0.2, 0.25) is 0 Å². The van der Waals surface area contributed by atoms with Crippen molar-refractivity contribution < 1.29 is 8.42 Å². The Kier molecular flexibility index (Phi) is 5.63. The highest BCUT2D eigenvalue weighted by Gasteiger charge is 2.18. The third kappa shape index (κ3) is 4.18. The van der Waals surface area contributed by atoms with E-state index in [4.69, 9.17) is 0 Å². The molecule has 0 radical (unpaired) electrons. The van der Waals surface area contributed by atoms with Crippen molar-refractivity contribution in [3.8, 4) is 22.4 Å². The van der Waals surface area contributed by atoms with Gasteiger partial charge in [0.15, 0.2) is 9.84 Å². The van der Waals surface area contributed by atoms with E-state index in [1.54, 1.807) is 36.8 Å². The Bertz CT molecular complexity index is 1620. The zero-order valence-corrected chi connectivity index (χ0v) is 19.6. The molecule has 0 fully saturated rings. The minimum Gasteiger partial charge on any atom is -0.261 e. The quantitative estimate of drug-likeness (QED) is 0.347. The standard InChI is InChI=1S/C27H22N4O2S/c1-18-14-20(25-4-3-11-29-19(25)2)5-7-24(18)27-26-8-6-23(15-21(26)9-13-30-27)34(32,33)16-22-10-12-28-17-31-22/h3-15,17H,16H2,1-2H3. The van der Waals surface area contributed by atoms with Gasteiger partial charge in [0.25, 0.3) is 0 Å². The van der Waals surface area contributed by atoms with Gasteiger partial charge in [-0.3, -0.25) is 9.97 Å². The second kappa shape index (κ2) is 8.76. The van der Waals surface area contributed by atoms with Crippen LogP contribution in [0.25, 0.3) is 33.2 Å². The van der Waals surface area contributed by atoms with E-state index in [0.717, 1.165) is 44.4 Å². The van der Waals surface area contributed by atoms with Crippen LogP contribution < -0.4 is 0 Å². The van der Waals surface area contributed by atoms with E-state index in [1.165, 1.54) is 6.33 Å². The molecule has 3 heterocycles. The van der Waals surface area contributed by atoms with Gasteiger partial charge in [0.05, 0.1) is 22.0 Å². The fraction of sp³-hybridized carbons (Fsp3) is 0.111. The highest BCUT2D eigenvalue weighted by Crippen LogP contribution is 2.33. The van der Waals surface area contributed by atoms with Gasteiger partial charge in [-0.1, -0.05) is 30.3 Å². The van der Waals surface area contributed by atoms with Gasteiger partial charge in [-0.05, 0) is 60.7 Å². The number of aryl methyl sites for hydroxylation is 2. The third-order valence-corrected chi connectivity index (χ3v) is 7.52. The first kappa shape index (κ1) is 21.9. The summed E-state index contributed by atoms with van der Waals surface area (Å²) < 4.78 is 25.9. The van der Waals surface area contributed by atoms with Crippen molar-refractivity contribution in [3.63, 3.8) is 0 Å². The molecule has 3 aromatic heterocycles. The molecule has 6 nitrogen and oxygen atoms in total. The number of hydrogen-bond acceptors (Lipinski definition) is 6. The zero-order chi connectivity index (χ0) is 23.7. The third-order valence-electron chi connectivity index (χ3n) is 5.88. The predicted octanol–water partition coefficient (Wildman–Crippen LogP) is 5.34. The number of pyridine rings is 2. The molecule has 168 valence electrons. The summed E-state index contributed by atoms with van der Waals surface area (Å²) in [5.41, 5.74) is 6.56. The molecule has 0 saturated carbocycles. The Morgan fingerprint density at radius 3 is 2.44 bits per heavy atom. The van der Waals surface area contributed by atoms with Gasteiger partial charge in [0, 0.05) is 40.8 Å². The van der Waals surface area contributed by atoms with Crippen molar-refractivity contribution >= 4 is 20.6 Å². The topological polar surface area (TPSA) is 85.7 Å². The first-order valence-electron chi connectivity index (χ1n) is 10.8. The largest absolute Gasteiger partial charge is 0.261 e. The van der Waals surface area contributed by atoms with Crippen LogP contribution in [-0.2, 0) is 15.6 Å². The lowest BCUT2D eigenvalue weighted by Gasteiger charge is -2.12.